The standard InChI is InChI=1S/C15H12FN3O2/c1-2-9-7-8-10-13(17-9)19(15(21)18-14(10)20)12-6-4-3-5-11(12)16/h3-8H,2H2,1H3,(H,18,20,21). The summed E-state index contributed by atoms with van der Waals surface area (Å²) >= 11 is 0. The predicted molar refractivity (Wildman–Crippen MR) is 77.3 cm³/mol. The van der Waals surface area contributed by atoms with E-state index in [1.54, 1.807) is 18.2 Å². The number of aryl methyl sites for hydroxylation is 1. The Bertz CT molecular complexity index is 944. The van der Waals surface area contributed by atoms with Crippen LogP contribution in [-0.4, -0.2) is 14.5 Å². The van der Waals surface area contributed by atoms with E-state index >= 15 is 0 Å². The van der Waals surface area contributed by atoms with E-state index in [0.717, 1.165) is 10.3 Å². The van der Waals surface area contributed by atoms with Crippen LogP contribution in [0.15, 0.2) is 46.0 Å². The zero-order valence-corrected chi connectivity index (χ0v) is 11.3. The molecule has 3 rings (SSSR count). The fourth-order valence-electron chi connectivity index (χ4n) is 2.21. The van der Waals surface area contributed by atoms with Gasteiger partial charge in [-0.25, -0.2) is 18.7 Å². The number of hydrogen-bond acceptors (Lipinski definition) is 3. The number of rotatable bonds is 2. The van der Waals surface area contributed by atoms with Crippen LogP contribution in [0.5, 0.6) is 0 Å². The molecule has 0 spiro atoms. The molecule has 0 aliphatic heterocycles. The lowest BCUT2D eigenvalue weighted by Crippen LogP contribution is -2.30. The molecule has 0 saturated heterocycles. The van der Waals surface area contributed by atoms with E-state index in [0.29, 0.717) is 6.42 Å². The van der Waals surface area contributed by atoms with E-state index in [1.807, 2.05) is 6.92 Å². The monoisotopic (exact) mass is 285 g/mol. The number of fused-ring (bicyclic) bond motifs is 1. The number of nitrogens with zero attached hydrogens (tertiary/aromatic N) is 2. The molecule has 21 heavy (non-hydrogen) atoms. The fourth-order valence-corrected chi connectivity index (χ4v) is 2.21. The Kier molecular flexibility index (Phi) is 3.13. The zero-order chi connectivity index (χ0) is 15.0. The molecule has 0 aliphatic rings. The van der Waals surface area contributed by atoms with E-state index in [1.165, 1.54) is 18.2 Å². The minimum atomic E-state index is -0.710. The highest BCUT2D eigenvalue weighted by Crippen LogP contribution is 2.15. The molecular weight excluding hydrogens is 273 g/mol. The molecule has 6 heteroatoms. The molecule has 0 fully saturated rings. The number of H-pyrrole nitrogens is 1. The Hall–Kier alpha value is -2.76. The molecule has 2 heterocycles. The number of halogens is 1. The summed E-state index contributed by atoms with van der Waals surface area (Å²) in [4.78, 5) is 30.5. The fraction of sp³-hybridized carbons (Fsp3) is 0.133. The van der Waals surface area contributed by atoms with Gasteiger partial charge in [0.2, 0.25) is 0 Å². The van der Waals surface area contributed by atoms with E-state index in [4.69, 9.17) is 0 Å². The first-order valence-corrected chi connectivity index (χ1v) is 6.51. The van der Waals surface area contributed by atoms with Crippen molar-refractivity contribution in [2.75, 3.05) is 0 Å². The number of nitrogens with one attached hydrogen (secondary N) is 1. The van der Waals surface area contributed by atoms with Gasteiger partial charge >= 0.3 is 5.69 Å². The van der Waals surface area contributed by atoms with Crippen LogP contribution in [0.2, 0.25) is 0 Å². The van der Waals surface area contributed by atoms with E-state index in [-0.39, 0.29) is 16.7 Å². The molecule has 5 nitrogen and oxygen atoms in total. The summed E-state index contributed by atoms with van der Waals surface area (Å²) in [6.45, 7) is 1.91. The quantitative estimate of drug-likeness (QED) is 0.780. The summed E-state index contributed by atoms with van der Waals surface area (Å²) in [6, 6.07) is 9.18. The van der Waals surface area contributed by atoms with Gasteiger partial charge in [-0.1, -0.05) is 19.1 Å². The highest BCUT2D eigenvalue weighted by Gasteiger charge is 2.13. The summed E-state index contributed by atoms with van der Waals surface area (Å²) in [6.07, 6.45) is 0.647. The van der Waals surface area contributed by atoms with Gasteiger partial charge in [0.05, 0.1) is 11.1 Å². The number of aromatic nitrogens is 3. The van der Waals surface area contributed by atoms with Crippen LogP contribution in [0, 0.1) is 5.82 Å². The normalized spacial score (nSPS) is 11.0. The molecule has 0 bridgehead atoms. The van der Waals surface area contributed by atoms with Gasteiger partial charge in [0.1, 0.15) is 5.82 Å². The number of pyridine rings is 1. The Morgan fingerprint density at radius 2 is 1.95 bits per heavy atom. The van der Waals surface area contributed by atoms with Gasteiger partial charge in [0.25, 0.3) is 5.56 Å². The van der Waals surface area contributed by atoms with Crippen molar-refractivity contribution in [1.29, 1.82) is 0 Å². The zero-order valence-electron chi connectivity index (χ0n) is 11.3. The van der Waals surface area contributed by atoms with Gasteiger partial charge < -0.3 is 0 Å². The second kappa shape index (κ2) is 4.97. The Morgan fingerprint density at radius 3 is 2.67 bits per heavy atom. The smallest absolute Gasteiger partial charge is 0.273 e. The van der Waals surface area contributed by atoms with Crippen molar-refractivity contribution >= 4 is 11.0 Å². The molecule has 1 aromatic carbocycles. The maximum Gasteiger partial charge on any atom is 0.334 e. The average Bonchev–Trinajstić information content (AvgIpc) is 2.48. The molecule has 0 aliphatic carbocycles. The molecule has 3 aromatic rings. The highest BCUT2D eigenvalue weighted by atomic mass is 19.1. The number of benzene rings is 1. The summed E-state index contributed by atoms with van der Waals surface area (Å²) in [5.74, 6) is -0.559. The Labute approximate surface area is 118 Å². The van der Waals surface area contributed by atoms with Crippen molar-refractivity contribution in [2.24, 2.45) is 0 Å². The third kappa shape index (κ3) is 2.14. The SMILES string of the molecule is CCc1ccc2c(=O)[nH]c(=O)n(-c3ccccc3F)c2n1. The summed E-state index contributed by atoms with van der Waals surface area (Å²) in [5.41, 5.74) is -0.300. The molecular formula is C15H12FN3O2. The van der Waals surface area contributed by atoms with Crippen molar-refractivity contribution in [3.05, 3.63) is 68.7 Å². The number of hydrogen-bond donors (Lipinski definition) is 1. The van der Waals surface area contributed by atoms with Crippen LogP contribution >= 0.6 is 0 Å². The third-order valence-electron chi connectivity index (χ3n) is 3.27. The lowest BCUT2D eigenvalue weighted by Gasteiger charge is -2.10. The van der Waals surface area contributed by atoms with Gasteiger partial charge in [-0.15, -0.1) is 0 Å². The maximum absolute atomic E-state index is 14.0. The van der Waals surface area contributed by atoms with Crippen LogP contribution < -0.4 is 11.2 Å². The van der Waals surface area contributed by atoms with Crippen molar-refractivity contribution in [3.63, 3.8) is 0 Å². The topological polar surface area (TPSA) is 67.8 Å². The van der Waals surface area contributed by atoms with Crippen LogP contribution in [0.4, 0.5) is 4.39 Å². The van der Waals surface area contributed by atoms with Crippen LogP contribution in [-0.2, 0) is 6.42 Å². The maximum atomic E-state index is 14.0. The summed E-state index contributed by atoms with van der Waals surface area (Å²) in [5, 5.41) is 0.245. The molecule has 0 radical (unpaired) electrons. The summed E-state index contributed by atoms with van der Waals surface area (Å²) < 4.78 is 15.1. The largest absolute Gasteiger partial charge is 0.334 e. The van der Waals surface area contributed by atoms with Crippen molar-refractivity contribution in [3.8, 4) is 5.69 Å². The van der Waals surface area contributed by atoms with Gasteiger partial charge in [-0.05, 0) is 30.7 Å². The second-order valence-electron chi connectivity index (χ2n) is 4.57. The lowest BCUT2D eigenvalue weighted by atomic mass is 10.2. The second-order valence-corrected chi connectivity index (χ2v) is 4.57. The predicted octanol–water partition coefficient (Wildman–Crippen LogP) is 1.78. The Morgan fingerprint density at radius 1 is 1.19 bits per heavy atom. The minimum Gasteiger partial charge on any atom is -0.273 e. The Balaban J connectivity index is 2.50. The molecule has 0 amide bonds. The first-order valence-electron chi connectivity index (χ1n) is 6.51. The third-order valence-corrected chi connectivity index (χ3v) is 3.27. The number of para-hydroxylation sites is 1. The van der Waals surface area contributed by atoms with E-state index in [2.05, 4.69) is 9.97 Å². The molecule has 2 aromatic heterocycles. The minimum absolute atomic E-state index is 0.0597. The van der Waals surface area contributed by atoms with E-state index in [9.17, 15) is 14.0 Å². The van der Waals surface area contributed by atoms with Gasteiger partial charge in [-0.2, -0.15) is 0 Å². The van der Waals surface area contributed by atoms with Crippen molar-refractivity contribution in [2.45, 2.75) is 13.3 Å². The van der Waals surface area contributed by atoms with E-state index < -0.39 is 17.1 Å². The number of aromatic amines is 1. The molecule has 0 atom stereocenters. The molecule has 0 unspecified atom stereocenters. The van der Waals surface area contributed by atoms with Crippen LogP contribution in [0.1, 0.15) is 12.6 Å². The van der Waals surface area contributed by atoms with Crippen molar-refractivity contribution < 1.29 is 4.39 Å². The molecule has 0 saturated carbocycles. The summed E-state index contributed by atoms with van der Waals surface area (Å²) in [7, 11) is 0. The first-order chi connectivity index (χ1) is 10.1. The molecule has 106 valence electrons. The highest BCUT2D eigenvalue weighted by molar-refractivity contribution is 5.75. The van der Waals surface area contributed by atoms with Gasteiger partial charge in [-0.3, -0.25) is 9.78 Å². The lowest BCUT2D eigenvalue weighted by molar-refractivity contribution is 0.616. The van der Waals surface area contributed by atoms with Crippen LogP contribution in [0.3, 0.4) is 0 Å². The van der Waals surface area contributed by atoms with Crippen LogP contribution in [0.25, 0.3) is 16.7 Å². The van der Waals surface area contributed by atoms with Gasteiger partial charge in [0.15, 0.2) is 5.65 Å². The molecule has 1 N–H and O–H groups in total. The van der Waals surface area contributed by atoms with Crippen molar-refractivity contribution in [1.82, 2.24) is 14.5 Å². The first kappa shape index (κ1) is 13.2. The van der Waals surface area contributed by atoms with Gasteiger partial charge in [0, 0.05) is 5.69 Å². The average molecular weight is 285 g/mol.